The summed E-state index contributed by atoms with van der Waals surface area (Å²) in [6.45, 7) is 6.86. The Morgan fingerprint density at radius 1 is 1.04 bits per heavy atom. The number of hydrogen-bond acceptors (Lipinski definition) is 2. The number of carbonyl (C=O) groups excluding carboxylic acids is 1. The Labute approximate surface area is 168 Å². The number of rotatable bonds is 2. The second-order valence-electron chi connectivity index (χ2n) is 11.8. The zero-order chi connectivity index (χ0) is 18.8. The lowest BCUT2D eigenvalue weighted by Gasteiger charge is -2.79. The van der Waals surface area contributed by atoms with Crippen LogP contribution in [-0.4, -0.2) is 37.0 Å². The average Bonchev–Trinajstić information content (AvgIpc) is 3.16. The zero-order valence-electron chi connectivity index (χ0n) is 17.1. The van der Waals surface area contributed by atoms with Crippen LogP contribution in [0.1, 0.15) is 57.4 Å². The molecule has 6 fully saturated rings. The van der Waals surface area contributed by atoms with Crippen LogP contribution in [0.15, 0.2) is 30.3 Å². The van der Waals surface area contributed by atoms with E-state index >= 15 is 0 Å². The van der Waals surface area contributed by atoms with Crippen molar-refractivity contribution in [3.8, 4) is 0 Å². The van der Waals surface area contributed by atoms with Gasteiger partial charge in [-0.15, -0.1) is 0 Å². The number of hydrogen-bond donors (Lipinski definition) is 1. The van der Waals surface area contributed by atoms with Crippen molar-refractivity contribution in [3.05, 3.63) is 35.9 Å². The van der Waals surface area contributed by atoms with E-state index in [-0.39, 0.29) is 10.8 Å². The van der Waals surface area contributed by atoms with Crippen molar-refractivity contribution in [3.63, 3.8) is 0 Å². The van der Waals surface area contributed by atoms with E-state index in [1.165, 1.54) is 57.2 Å². The average molecular weight is 377 g/mol. The van der Waals surface area contributed by atoms with Gasteiger partial charge in [-0.05, 0) is 72.7 Å². The van der Waals surface area contributed by atoms with E-state index in [4.69, 9.17) is 0 Å². The Hall–Kier alpha value is -1.35. The highest BCUT2D eigenvalue weighted by Crippen LogP contribution is 2.93. The van der Waals surface area contributed by atoms with Crippen molar-refractivity contribution in [2.75, 3.05) is 26.2 Å². The van der Waals surface area contributed by atoms with Crippen molar-refractivity contribution in [1.82, 2.24) is 10.2 Å². The Balaban J connectivity index is 1.23. The van der Waals surface area contributed by atoms with Crippen LogP contribution in [0, 0.1) is 27.6 Å². The van der Waals surface area contributed by atoms with E-state index in [1.54, 1.807) is 0 Å². The lowest BCUT2D eigenvalue weighted by molar-refractivity contribution is -0.270. The zero-order valence-corrected chi connectivity index (χ0v) is 17.1. The number of amides is 1. The number of nitrogens with zero attached hydrogens (tertiary/aromatic N) is 1. The maximum Gasteiger partial charge on any atom is 0.228 e. The summed E-state index contributed by atoms with van der Waals surface area (Å²) in [5, 5.41) is 3.45. The van der Waals surface area contributed by atoms with Crippen LogP contribution >= 0.6 is 0 Å². The molecule has 2 heterocycles. The van der Waals surface area contributed by atoms with E-state index in [0.717, 1.165) is 25.4 Å². The molecule has 2 bridgehead atoms. The topological polar surface area (TPSA) is 32.3 Å². The van der Waals surface area contributed by atoms with Gasteiger partial charge in [-0.2, -0.15) is 0 Å². The van der Waals surface area contributed by atoms with Crippen LogP contribution in [0.3, 0.4) is 0 Å². The van der Waals surface area contributed by atoms with Gasteiger partial charge in [0.2, 0.25) is 5.91 Å². The van der Waals surface area contributed by atoms with E-state index in [9.17, 15) is 4.79 Å². The molecule has 1 aromatic carbocycles. The molecule has 2 saturated heterocycles. The Morgan fingerprint density at radius 2 is 1.79 bits per heavy atom. The van der Waals surface area contributed by atoms with Crippen molar-refractivity contribution < 1.29 is 4.79 Å². The van der Waals surface area contributed by atoms with Gasteiger partial charge >= 0.3 is 0 Å². The third kappa shape index (κ3) is 1.54. The largest absolute Gasteiger partial charge is 0.342 e. The van der Waals surface area contributed by atoms with Gasteiger partial charge in [-0.3, -0.25) is 4.79 Å². The first-order chi connectivity index (χ1) is 13.5. The van der Waals surface area contributed by atoms with E-state index < -0.39 is 0 Å². The van der Waals surface area contributed by atoms with E-state index in [0.29, 0.717) is 22.2 Å². The predicted molar refractivity (Wildman–Crippen MR) is 109 cm³/mol. The lowest BCUT2D eigenvalue weighted by atomic mass is 9.24. The van der Waals surface area contributed by atoms with Crippen LogP contribution < -0.4 is 5.32 Å². The molecular weight excluding hydrogens is 344 g/mol. The first kappa shape index (κ1) is 16.4. The van der Waals surface area contributed by atoms with E-state index in [2.05, 4.69) is 47.5 Å². The first-order valence-corrected chi connectivity index (χ1v) is 11.5. The minimum Gasteiger partial charge on any atom is -0.342 e. The highest BCUT2D eigenvalue weighted by atomic mass is 16.2. The van der Waals surface area contributed by atoms with Gasteiger partial charge in [-0.1, -0.05) is 37.3 Å². The minimum atomic E-state index is -0.0584. The molecule has 3 heteroatoms. The van der Waals surface area contributed by atoms with Crippen LogP contribution in [0.4, 0.5) is 0 Å². The lowest BCUT2D eigenvalue weighted by Crippen LogP contribution is -2.75. The molecule has 2 spiro atoms. The molecule has 0 radical (unpaired) electrons. The highest BCUT2D eigenvalue weighted by Gasteiger charge is 2.89. The molecule has 1 aromatic rings. The molecule has 3 nitrogen and oxygen atoms in total. The maximum atomic E-state index is 14.0. The van der Waals surface area contributed by atoms with Crippen molar-refractivity contribution in [1.29, 1.82) is 0 Å². The van der Waals surface area contributed by atoms with Gasteiger partial charge in [0, 0.05) is 31.6 Å². The third-order valence-corrected chi connectivity index (χ3v) is 10.8. The Bertz CT molecular complexity index is 868. The molecule has 148 valence electrons. The van der Waals surface area contributed by atoms with Gasteiger partial charge in [0.1, 0.15) is 0 Å². The number of benzene rings is 1. The number of nitrogens with one attached hydrogen (secondary N) is 1. The fourth-order valence-corrected chi connectivity index (χ4v) is 9.77. The quantitative estimate of drug-likeness (QED) is 0.853. The molecule has 28 heavy (non-hydrogen) atoms. The standard InChI is InChI=1S/C25H32N2O/c1-21-11-19-12-23(20(28)27-9-7-22(8-10-27)16-26-17-22)14-24(13-21,25(19,21)15-23)18-5-3-2-4-6-18/h2-6,19,26H,7-17H2,1H3/t19?,21-,23?,24+,25?/m1/s1. The number of likely N-dealkylation sites (tertiary alicyclic amines) is 1. The van der Waals surface area contributed by atoms with E-state index in [1.807, 2.05) is 0 Å². The second-order valence-corrected chi connectivity index (χ2v) is 11.8. The number of piperidine rings is 1. The highest BCUT2D eigenvalue weighted by molar-refractivity contribution is 5.85. The van der Waals surface area contributed by atoms with Crippen molar-refractivity contribution in [2.24, 2.45) is 27.6 Å². The Kier molecular flexibility index (Phi) is 2.75. The number of fused-ring (bicyclic) bond motifs is 1. The molecule has 4 saturated carbocycles. The normalized spacial score (nSPS) is 49.2. The molecule has 2 aliphatic heterocycles. The van der Waals surface area contributed by atoms with Gasteiger partial charge < -0.3 is 10.2 Å². The van der Waals surface area contributed by atoms with Gasteiger partial charge in [0.05, 0.1) is 5.41 Å². The van der Waals surface area contributed by atoms with Crippen LogP contribution in [0.2, 0.25) is 0 Å². The SMILES string of the molecule is C[C@]12CC3CC4(C(=O)N5CCC6(CC5)CNC6)CC31[C@](c1ccccc1)(C4)C2. The molecule has 7 rings (SSSR count). The monoisotopic (exact) mass is 376 g/mol. The van der Waals surface area contributed by atoms with Crippen molar-refractivity contribution >= 4 is 5.91 Å². The minimum absolute atomic E-state index is 0.0584. The third-order valence-electron chi connectivity index (χ3n) is 10.8. The van der Waals surface area contributed by atoms with Crippen molar-refractivity contribution in [2.45, 2.75) is 57.3 Å². The molecule has 0 aromatic heterocycles. The molecule has 1 amide bonds. The molecule has 3 unspecified atom stereocenters. The maximum absolute atomic E-state index is 14.0. The summed E-state index contributed by atoms with van der Waals surface area (Å²) in [6, 6.07) is 11.3. The summed E-state index contributed by atoms with van der Waals surface area (Å²) in [5.74, 6) is 1.32. The number of carbonyl (C=O) groups is 1. The van der Waals surface area contributed by atoms with Crippen LogP contribution in [0.5, 0.6) is 0 Å². The van der Waals surface area contributed by atoms with Gasteiger partial charge in [-0.25, -0.2) is 0 Å². The molecule has 4 aliphatic carbocycles. The molecule has 1 N–H and O–H groups in total. The smallest absolute Gasteiger partial charge is 0.228 e. The second kappa shape index (κ2) is 4.69. The van der Waals surface area contributed by atoms with Crippen LogP contribution in [0.25, 0.3) is 0 Å². The first-order valence-electron chi connectivity index (χ1n) is 11.5. The fourth-order valence-electron chi connectivity index (χ4n) is 9.77. The summed E-state index contributed by atoms with van der Waals surface area (Å²) in [4.78, 5) is 16.2. The Morgan fingerprint density at radius 3 is 2.43 bits per heavy atom. The van der Waals surface area contributed by atoms with Gasteiger partial charge in [0.15, 0.2) is 0 Å². The fraction of sp³-hybridized carbons (Fsp3) is 0.720. The molecule has 5 atom stereocenters. The summed E-state index contributed by atoms with van der Waals surface area (Å²) in [7, 11) is 0. The van der Waals surface area contributed by atoms with Gasteiger partial charge in [0.25, 0.3) is 0 Å². The van der Waals surface area contributed by atoms with Crippen LogP contribution in [-0.2, 0) is 10.2 Å². The summed E-state index contributed by atoms with van der Waals surface area (Å²) < 4.78 is 0. The predicted octanol–water partition coefficient (Wildman–Crippen LogP) is 3.74. The summed E-state index contributed by atoms with van der Waals surface area (Å²) in [5.41, 5.74) is 3.19. The summed E-state index contributed by atoms with van der Waals surface area (Å²) >= 11 is 0. The molecular formula is C25H32N2O. The molecule has 6 aliphatic rings. The summed E-state index contributed by atoms with van der Waals surface area (Å²) in [6.07, 6.45) is 8.57.